The monoisotopic (exact) mass is 405 g/mol. The largest absolute Gasteiger partial charge is 0.497 e. The number of ether oxygens (including phenoxy) is 1. The van der Waals surface area contributed by atoms with Crippen molar-refractivity contribution in [2.75, 3.05) is 25.1 Å². The number of hydrogen-bond donors (Lipinski definition) is 0. The van der Waals surface area contributed by atoms with Crippen molar-refractivity contribution in [3.63, 3.8) is 0 Å². The summed E-state index contributed by atoms with van der Waals surface area (Å²) in [6.07, 6.45) is 1.000. The molecule has 0 aliphatic carbocycles. The third-order valence-corrected chi connectivity index (χ3v) is 6.72. The van der Waals surface area contributed by atoms with Gasteiger partial charge in [-0.1, -0.05) is 29.8 Å². The first-order valence-corrected chi connectivity index (χ1v) is 10.5. The van der Waals surface area contributed by atoms with Crippen LogP contribution in [0.4, 0.5) is 5.69 Å². The number of hydrogen-bond acceptors (Lipinski definition) is 5. The molecule has 6 nitrogen and oxygen atoms in total. The van der Waals surface area contributed by atoms with Crippen LogP contribution in [0.2, 0.25) is 0 Å². The molecule has 3 atom stereocenters. The lowest BCUT2D eigenvalue weighted by atomic mass is 9.90. The fraction of sp³-hybridized carbons (Fsp3) is 0.417. The Bertz CT molecular complexity index is 1010. The van der Waals surface area contributed by atoms with Gasteiger partial charge in [0.15, 0.2) is 0 Å². The zero-order valence-electron chi connectivity index (χ0n) is 17.9. The number of amides is 2. The summed E-state index contributed by atoms with van der Waals surface area (Å²) in [6, 6.07) is 11.4. The number of anilines is 1. The standard InChI is InChI=1S/C24H27N3O3/c1-14-12-15(2)20(16(3)13-14)27-23(28)19-21(17-6-8-18(30-4)9-7-17)25-10-5-11-26(25)22(19)24(27)29/h6-9,12-13,19,21-22H,5,10-11H2,1-4H3/t19-,21+,22-/m0/s1. The van der Waals surface area contributed by atoms with Crippen molar-refractivity contribution in [2.24, 2.45) is 5.92 Å². The number of imide groups is 1. The molecule has 0 spiro atoms. The van der Waals surface area contributed by atoms with E-state index >= 15 is 0 Å². The second kappa shape index (κ2) is 6.93. The van der Waals surface area contributed by atoms with Crippen molar-refractivity contribution in [2.45, 2.75) is 39.3 Å². The number of carbonyl (C=O) groups is 2. The molecule has 3 aliphatic heterocycles. The van der Waals surface area contributed by atoms with Gasteiger partial charge in [0.25, 0.3) is 5.91 Å². The van der Waals surface area contributed by atoms with Gasteiger partial charge in [0.2, 0.25) is 5.91 Å². The molecule has 30 heavy (non-hydrogen) atoms. The summed E-state index contributed by atoms with van der Waals surface area (Å²) in [5.74, 6) is 0.206. The normalized spacial score (nSPS) is 26.4. The van der Waals surface area contributed by atoms with Gasteiger partial charge in [-0.3, -0.25) is 9.59 Å². The fourth-order valence-electron chi connectivity index (χ4n) is 5.66. The molecule has 156 valence electrons. The van der Waals surface area contributed by atoms with Gasteiger partial charge < -0.3 is 4.74 Å². The number of benzene rings is 2. The summed E-state index contributed by atoms with van der Waals surface area (Å²) in [5.41, 5.74) is 4.87. The van der Waals surface area contributed by atoms with Gasteiger partial charge >= 0.3 is 0 Å². The molecule has 3 heterocycles. The van der Waals surface area contributed by atoms with Gasteiger partial charge in [-0.15, -0.1) is 0 Å². The first-order valence-electron chi connectivity index (χ1n) is 10.5. The van der Waals surface area contributed by atoms with Crippen LogP contribution >= 0.6 is 0 Å². The Morgan fingerprint density at radius 1 is 0.867 bits per heavy atom. The van der Waals surface area contributed by atoms with E-state index in [9.17, 15) is 9.59 Å². The van der Waals surface area contributed by atoms with Crippen molar-refractivity contribution in [1.82, 2.24) is 10.0 Å². The third kappa shape index (κ3) is 2.63. The van der Waals surface area contributed by atoms with Crippen LogP contribution in [0.5, 0.6) is 5.75 Å². The molecule has 0 unspecified atom stereocenters. The maximum Gasteiger partial charge on any atom is 0.253 e. The molecule has 5 rings (SSSR count). The Hall–Kier alpha value is -2.70. The Morgan fingerprint density at radius 3 is 2.07 bits per heavy atom. The molecule has 2 aromatic carbocycles. The number of carbonyl (C=O) groups excluding carboxylic acids is 2. The second-order valence-corrected chi connectivity index (χ2v) is 8.63. The van der Waals surface area contributed by atoms with E-state index < -0.39 is 12.0 Å². The topological polar surface area (TPSA) is 53.1 Å². The number of hydrazine groups is 1. The molecule has 3 fully saturated rings. The molecule has 2 aromatic rings. The summed E-state index contributed by atoms with van der Waals surface area (Å²) in [6.45, 7) is 7.67. The quantitative estimate of drug-likeness (QED) is 0.735. The van der Waals surface area contributed by atoms with Crippen LogP contribution in [0.15, 0.2) is 36.4 Å². The first-order chi connectivity index (χ1) is 14.4. The summed E-state index contributed by atoms with van der Waals surface area (Å²) < 4.78 is 5.30. The smallest absolute Gasteiger partial charge is 0.253 e. The Labute approximate surface area is 177 Å². The van der Waals surface area contributed by atoms with E-state index in [0.29, 0.717) is 0 Å². The highest BCUT2D eigenvalue weighted by molar-refractivity contribution is 6.24. The molecule has 0 aromatic heterocycles. The highest BCUT2D eigenvalue weighted by atomic mass is 16.5. The van der Waals surface area contributed by atoms with Crippen LogP contribution in [0.1, 0.15) is 34.7 Å². The lowest BCUT2D eigenvalue weighted by Crippen LogP contribution is -2.44. The van der Waals surface area contributed by atoms with Crippen LogP contribution in [-0.2, 0) is 9.59 Å². The predicted octanol–water partition coefficient (Wildman–Crippen LogP) is 3.16. The zero-order chi connectivity index (χ0) is 21.2. The number of nitrogens with zero attached hydrogens (tertiary/aromatic N) is 3. The highest BCUT2D eigenvalue weighted by Gasteiger charge is 2.63. The van der Waals surface area contributed by atoms with E-state index in [2.05, 4.69) is 10.0 Å². The van der Waals surface area contributed by atoms with Crippen molar-refractivity contribution < 1.29 is 14.3 Å². The molecule has 6 heteroatoms. The lowest BCUT2D eigenvalue weighted by Gasteiger charge is -2.30. The van der Waals surface area contributed by atoms with Gasteiger partial charge in [0.05, 0.1) is 24.8 Å². The predicted molar refractivity (Wildman–Crippen MR) is 114 cm³/mol. The average molecular weight is 405 g/mol. The first kappa shape index (κ1) is 19.3. The molecule has 3 saturated heterocycles. The van der Waals surface area contributed by atoms with Gasteiger partial charge in [0, 0.05) is 13.1 Å². The summed E-state index contributed by atoms with van der Waals surface area (Å²) in [4.78, 5) is 28.8. The molecule has 3 aliphatic rings. The summed E-state index contributed by atoms with van der Waals surface area (Å²) in [5, 5.41) is 4.37. The van der Waals surface area contributed by atoms with Gasteiger partial charge in [-0.2, -0.15) is 0 Å². The minimum Gasteiger partial charge on any atom is -0.497 e. The van der Waals surface area contributed by atoms with Gasteiger partial charge in [-0.25, -0.2) is 14.9 Å². The molecule has 2 amide bonds. The van der Waals surface area contributed by atoms with Crippen molar-refractivity contribution in [3.05, 3.63) is 58.7 Å². The molecular formula is C24H27N3O3. The fourth-order valence-corrected chi connectivity index (χ4v) is 5.66. The highest BCUT2D eigenvalue weighted by Crippen LogP contribution is 2.49. The third-order valence-electron chi connectivity index (χ3n) is 6.72. The van der Waals surface area contributed by atoms with E-state index in [1.807, 2.05) is 57.2 Å². The Morgan fingerprint density at radius 2 is 1.47 bits per heavy atom. The molecular weight excluding hydrogens is 378 g/mol. The number of rotatable bonds is 3. The van der Waals surface area contributed by atoms with Crippen molar-refractivity contribution >= 4 is 17.5 Å². The summed E-state index contributed by atoms with van der Waals surface area (Å²) >= 11 is 0. The van der Waals surface area contributed by atoms with Crippen LogP contribution in [0.25, 0.3) is 0 Å². The average Bonchev–Trinajstić information content (AvgIpc) is 3.35. The second-order valence-electron chi connectivity index (χ2n) is 8.63. The van der Waals surface area contributed by atoms with Crippen molar-refractivity contribution in [1.29, 1.82) is 0 Å². The van der Waals surface area contributed by atoms with Crippen LogP contribution in [0.3, 0.4) is 0 Å². The van der Waals surface area contributed by atoms with E-state index in [1.54, 1.807) is 7.11 Å². The van der Waals surface area contributed by atoms with E-state index in [1.165, 1.54) is 4.90 Å². The van der Waals surface area contributed by atoms with Gasteiger partial charge in [-0.05, 0) is 56.0 Å². The van der Waals surface area contributed by atoms with Crippen LogP contribution < -0.4 is 9.64 Å². The Kier molecular flexibility index (Phi) is 4.45. The lowest BCUT2D eigenvalue weighted by molar-refractivity contribution is -0.126. The van der Waals surface area contributed by atoms with E-state index in [-0.39, 0.29) is 17.9 Å². The number of methoxy groups -OCH3 is 1. The zero-order valence-corrected chi connectivity index (χ0v) is 17.9. The van der Waals surface area contributed by atoms with Crippen LogP contribution in [0, 0.1) is 26.7 Å². The number of fused-ring (bicyclic) bond motifs is 3. The maximum absolute atomic E-state index is 13.8. The van der Waals surface area contributed by atoms with E-state index in [4.69, 9.17) is 4.74 Å². The molecule has 0 N–H and O–H groups in total. The van der Waals surface area contributed by atoms with Gasteiger partial charge in [0.1, 0.15) is 11.8 Å². The maximum atomic E-state index is 13.8. The van der Waals surface area contributed by atoms with E-state index in [0.717, 1.165) is 53.2 Å². The molecule has 0 radical (unpaired) electrons. The van der Waals surface area contributed by atoms with Crippen LogP contribution in [-0.4, -0.2) is 48.1 Å². The molecule has 0 bridgehead atoms. The minimum atomic E-state index is -0.424. The Balaban J connectivity index is 1.59. The SMILES string of the molecule is COc1ccc([C@@H]2[C@@H]3C(=O)N(c4c(C)cc(C)cc4C)C(=O)[C@H]3N3CCCN23)cc1. The van der Waals surface area contributed by atoms with Crippen molar-refractivity contribution in [3.8, 4) is 5.75 Å². The molecule has 0 saturated carbocycles. The summed E-state index contributed by atoms with van der Waals surface area (Å²) in [7, 11) is 1.64. The minimum absolute atomic E-state index is 0.0877. The number of aryl methyl sites for hydroxylation is 3.